The molecule has 0 saturated heterocycles. The maximum Gasteiger partial charge on any atom is 0.273 e. The molecule has 0 fully saturated rings. The highest BCUT2D eigenvalue weighted by Gasteiger charge is 2.08. The number of nitrogens with one attached hydrogen (secondary N) is 2. The van der Waals surface area contributed by atoms with Gasteiger partial charge in [0, 0.05) is 27.8 Å². The minimum atomic E-state index is -0.327. The number of carbonyl (C=O) groups excluding carboxylic acids is 1. The molecule has 0 radical (unpaired) electrons. The monoisotopic (exact) mass is 292 g/mol. The lowest BCUT2D eigenvalue weighted by atomic mass is 10.1. The molecule has 110 valence electrons. The number of nitrogens with zero attached hydrogens (tertiary/aromatic N) is 1. The van der Waals surface area contributed by atoms with Crippen LogP contribution in [0.4, 0.5) is 5.69 Å². The van der Waals surface area contributed by atoms with Crippen molar-refractivity contribution in [3.63, 3.8) is 0 Å². The normalized spacial score (nSPS) is 11.1. The number of carbonyl (C=O) groups is 1. The number of amides is 1. The summed E-state index contributed by atoms with van der Waals surface area (Å²) in [6.45, 7) is 1.97. The zero-order valence-corrected chi connectivity index (χ0v) is 12.1. The van der Waals surface area contributed by atoms with Gasteiger partial charge in [-0.3, -0.25) is 4.79 Å². The van der Waals surface area contributed by atoms with Gasteiger partial charge in [-0.2, -0.15) is 5.10 Å². The van der Waals surface area contributed by atoms with Gasteiger partial charge in [-0.25, -0.2) is 5.43 Å². The molecule has 22 heavy (non-hydrogen) atoms. The van der Waals surface area contributed by atoms with Gasteiger partial charge in [0.05, 0.1) is 11.8 Å². The number of anilines is 1. The summed E-state index contributed by atoms with van der Waals surface area (Å²) in [5.74, 6) is -0.327. The lowest BCUT2D eigenvalue weighted by Crippen LogP contribution is -2.19. The molecule has 0 aliphatic rings. The van der Waals surface area contributed by atoms with Crippen LogP contribution in [0.1, 0.15) is 21.6 Å². The number of H-pyrrole nitrogens is 1. The van der Waals surface area contributed by atoms with Crippen molar-refractivity contribution in [2.75, 3.05) is 5.73 Å². The fourth-order valence-electron chi connectivity index (χ4n) is 2.38. The number of aromatic amines is 1. The number of nitrogen functional groups attached to an aromatic ring is 1. The molecule has 5 heteroatoms. The molecular formula is C17H16N4O. The maximum atomic E-state index is 12.0. The second kappa shape index (κ2) is 5.73. The standard InChI is InChI=1S/C17H16N4O/c1-11-14(12-6-3-5-9-16(12)20-11)10-19-21-17(22)13-7-2-4-8-15(13)18/h2-10,20H,18H2,1H3,(H,21,22)/b19-10-. The number of aryl methyl sites for hydroxylation is 1. The van der Waals surface area contributed by atoms with Crippen molar-refractivity contribution < 1.29 is 4.79 Å². The lowest BCUT2D eigenvalue weighted by Gasteiger charge is -2.02. The highest BCUT2D eigenvalue weighted by Crippen LogP contribution is 2.19. The lowest BCUT2D eigenvalue weighted by molar-refractivity contribution is 0.0956. The van der Waals surface area contributed by atoms with Crippen molar-refractivity contribution in [2.45, 2.75) is 6.92 Å². The van der Waals surface area contributed by atoms with Gasteiger partial charge in [-0.15, -0.1) is 0 Å². The molecule has 0 spiro atoms. The largest absolute Gasteiger partial charge is 0.398 e. The smallest absolute Gasteiger partial charge is 0.273 e. The Morgan fingerprint density at radius 1 is 1.18 bits per heavy atom. The van der Waals surface area contributed by atoms with Crippen LogP contribution in [0.2, 0.25) is 0 Å². The fraction of sp³-hybridized carbons (Fsp3) is 0.0588. The Morgan fingerprint density at radius 3 is 2.73 bits per heavy atom. The zero-order valence-electron chi connectivity index (χ0n) is 12.1. The quantitative estimate of drug-likeness (QED) is 0.394. The second-order valence-electron chi connectivity index (χ2n) is 5.00. The Kier molecular flexibility index (Phi) is 3.62. The number of hydrogen-bond donors (Lipinski definition) is 3. The molecule has 5 nitrogen and oxygen atoms in total. The molecule has 1 aromatic heterocycles. The van der Waals surface area contributed by atoms with E-state index >= 15 is 0 Å². The molecule has 1 amide bonds. The number of aromatic nitrogens is 1. The van der Waals surface area contributed by atoms with E-state index in [9.17, 15) is 4.79 Å². The van der Waals surface area contributed by atoms with Crippen molar-refractivity contribution in [1.82, 2.24) is 10.4 Å². The van der Waals surface area contributed by atoms with E-state index in [1.54, 1.807) is 30.5 Å². The number of hydrogen-bond acceptors (Lipinski definition) is 3. The Morgan fingerprint density at radius 2 is 1.91 bits per heavy atom. The summed E-state index contributed by atoms with van der Waals surface area (Å²) in [4.78, 5) is 15.3. The molecule has 0 unspecified atom stereocenters. The molecule has 3 rings (SSSR count). The van der Waals surface area contributed by atoms with Gasteiger partial charge in [-0.05, 0) is 25.1 Å². The Hall–Kier alpha value is -3.08. The van der Waals surface area contributed by atoms with E-state index in [4.69, 9.17) is 5.73 Å². The Balaban J connectivity index is 1.81. The van der Waals surface area contributed by atoms with Gasteiger partial charge in [0.25, 0.3) is 5.91 Å². The van der Waals surface area contributed by atoms with Crippen LogP contribution in [0.5, 0.6) is 0 Å². The predicted molar refractivity (Wildman–Crippen MR) is 89.0 cm³/mol. The number of nitrogens with two attached hydrogens (primary N) is 1. The molecule has 0 aliphatic heterocycles. The van der Waals surface area contributed by atoms with E-state index in [0.29, 0.717) is 11.3 Å². The summed E-state index contributed by atoms with van der Waals surface area (Å²) in [5, 5.41) is 5.11. The summed E-state index contributed by atoms with van der Waals surface area (Å²) in [7, 11) is 0. The summed E-state index contributed by atoms with van der Waals surface area (Å²) < 4.78 is 0. The maximum absolute atomic E-state index is 12.0. The number of rotatable bonds is 3. The Labute approximate surface area is 127 Å². The molecular weight excluding hydrogens is 276 g/mol. The van der Waals surface area contributed by atoms with Crippen molar-refractivity contribution >= 4 is 28.7 Å². The second-order valence-corrected chi connectivity index (χ2v) is 5.00. The third-order valence-electron chi connectivity index (χ3n) is 3.51. The van der Waals surface area contributed by atoms with E-state index in [0.717, 1.165) is 22.2 Å². The molecule has 4 N–H and O–H groups in total. The van der Waals surface area contributed by atoms with Gasteiger partial charge >= 0.3 is 0 Å². The molecule has 0 bridgehead atoms. The van der Waals surface area contributed by atoms with Gasteiger partial charge in [0.2, 0.25) is 0 Å². The number of hydrazone groups is 1. The highest BCUT2D eigenvalue weighted by atomic mass is 16.2. The van der Waals surface area contributed by atoms with Crippen molar-refractivity contribution in [1.29, 1.82) is 0 Å². The molecule has 3 aromatic rings. The van der Waals surface area contributed by atoms with Gasteiger partial charge < -0.3 is 10.7 Å². The van der Waals surface area contributed by atoms with Gasteiger partial charge in [0.1, 0.15) is 0 Å². The molecule has 2 aromatic carbocycles. The van der Waals surface area contributed by atoms with Crippen LogP contribution < -0.4 is 11.2 Å². The average Bonchev–Trinajstić information content (AvgIpc) is 2.83. The summed E-state index contributed by atoms with van der Waals surface area (Å²) in [6.07, 6.45) is 1.64. The number of fused-ring (bicyclic) bond motifs is 1. The number of benzene rings is 2. The fourth-order valence-corrected chi connectivity index (χ4v) is 2.38. The minimum absolute atomic E-state index is 0.327. The zero-order chi connectivity index (χ0) is 15.5. The molecule has 1 heterocycles. The number of para-hydroxylation sites is 2. The van der Waals surface area contributed by atoms with Crippen LogP contribution in [0, 0.1) is 6.92 Å². The summed E-state index contributed by atoms with van der Waals surface area (Å²) in [6, 6.07) is 14.8. The van der Waals surface area contributed by atoms with Crippen molar-refractivity contribution in [2.24, 2.45) is 5.10 Å². The minimum Gasteiger partial charge on any atom is -0.398 e. The highest BCUT2D eigenvalue weighted by molar-refractivity contribution is 6.02. The summed E-state index contributed by atoms with van der Waals surface area (Å²) in [5.41, 5.74) is 12.1. The van der Waals surface area contributed by atoms with Crippen LogP contribution in [0.3, 0.4) is 0 Å². The first kappa shape index (κ1) is 13.9. The predicted octanol–water partition coefficient (Wildman–Crippen LogP) is 2.82. The van der Waals surface area contributed by atoms with Crippen molar-refractivity contribution in [3.05, 3.63) is 65.4 Å². The van der Waals surface area contributed by atoms with Crippen LogP contribution in [0.15, 0.2) is 53.6 Å². The first-order valence-electron chi connectivity index (χ1n) is 6.92. The molecule has 0 aliphatic carbocycles. The third kappa shape index (κ3) is 2.56. The van der Waals surface area contributed by atoms with Crippen LogP contribution in [-0.2, 0) is 0 Å². The van der Waals surface area contributed by atoms with Crippen LogP contribution in [0.25, 0.3) is 10.9 Å². The SMILES string of the molecule is Cc1[nH]c2ccccc2c1/C=N\NC(=O)c1ccccc1N. The average molecular weight is 292 g/mol. The topological polar surface area (TPSA) is 83.3 Å². The van der Waals surface area contributed by atoms with Crippen molar-refractivity contribution in [3.8, 4) is 0 Å². The van der Waals surface area contributed by atoms with Crippen LogP contribution >= 0.6 is 0 Å². The van der Waals surface area contributed by atoms with E-state index in [2.05, 4.69) is 15.5 Å². The van der Waals surface area contributed by atoms with E-state index < -0.39 is 0 Å². The van der Waals surface area contributed by atoms with Gasteiger partial charge in [-0.1, -0.05) is 30.3 Å². The first-order chi connectivity index (χ1) is 10.7. The third-order valence-corrected chi connectivity index (χ3v) is 3.51. The molecule has 0 saturated carbocycles. The van der Waals surface area contributed by atoms with E-state index in [-0.39, 0.29) is 5.91 Å². The van der Waals surface area contributed by atoms with Crippen LogP contribution in [-0.4, -0.2) is 17.1 Å². The van der Waals surface area contributed by atoms with Gasteiger partial charge in [0.15, 0.2) is 0 Å². The van der Waals surface area contributed by atoms with E-state index in [1.807, 2.05) is 31.2 Å². The Bertz CT molecular complexity index is 864. The first-order valence-corrected chi connectivity index (χ1v) is 6.92. The summed E-state index contributed by atoms with van der Waals surface area (Å²) >= 11 is 0. The van der Waals surface area contributed by atoms with E-state index in [1.165, 1.54) is 0 Å². The molecule has 0 atom stereocenters.